The minimum absolute atomic E-state index is 0.0161. The van der Waals surface area contributed by atoms with Gasteiger partial charge in [0.15, 0.2) is 6.61 Å². The highest BCUT2D eigenvalue weighted by Crippen LogP contribution is 2.38. The van der Waals surface area contributed by atoms with E-state index in [0.29, 0.717) is 30.1 Å². The first-order chi connectivity index (χ1) is 16.1. The van der Waals surface area contributed by atoms with Crippen molar-refractivity contribution in [1.29, 1.82) is 0 Å². The maximum atomic E-state index is 13.9. The molecule has 0 radical (unpaired) electrons. The quantitative estimate of drug-likeness (QED) is 0.610. The second kappa shape index (κ2) is 9.02. The summed E-state index contributed by atoms with van der Waals surface area (Å²) in [4.78, 5) is 30.3. The second-order valence-corrected chi connectivity index (χ2v) is 8.48. The van der Waals surface area contributed by atoms with Gasteiger partial charge >= 0.3 is 0 Å². The van der Waals surface area contributed by atoms with E-state index in [1.165, 1.54) is 12.3 Å². The molecule has 1 atom stereocenters. The predicted molar refractivity (Wildman–Crippen MR) is 122 cm³/mol. The number of hydrogen-bond donors (Lipinski definition) is 1. The number of aromatic nitrogens is 1. The monoisotopic (exact) mass is 445 g/mol. The zero-order chi connectivity index (χ0) is 22.8. The molecule has 0 bridgehead atoms. The Kier molecular flexibility index (Phi) is 5.77. The largest absolute Gasteiger partial charge is 0.482 e. The molecular formula is C26H24FN3O3. The number of carbonyl (C=O) groups is 2. The van der Waals surface area contributed by atoms with Crippen molar-refractivity contribution in [3.8, 4) is 5.75 Å². The number of piperidine rings is 1. The molecule has 7 heteroatoms. The highest BCUT2D eigenvalue weighted by atomic mass is 19.1. The van der Waals surface area contributed by atoms with E-state index in [1.807, 2.05) is 29.2 Å². The molecule has 1 aromatic heterocycles. The summed E-state index contributed by atoms with van der Waals surface area (Å²) >= 11 is 0. The van der Waals surface area contributed by atoms with E-state index in [2.05, 4.69) is 22.4 Å². The summed E-state index contributed by atoms with van der Waals surface area (Å²) in [6, 6.07) is 18.6. The van der Waals surface area contributed by atoms with Crippen molar-refractivity contribution in [2.45, 2.75) is 18.8 Å². The number of ether oxygens (including phenoxy) is 1. The van der Waals surface area contributed by atoms with Gasteiger partial charge in [-0.05, 0) is 60.2 Å². The van der Waals surface area contributed by atoms with E-state index in [1.54, 1.807) is 18.2 Å². The Labute approximate surface area is 191 Å². The van der Waals surface area contributed by atoms with Crippen LogP contribution in [0, 0.1) is 11.9 Å². The maximum Gasteiger partial charge on any atom is 0.262 e. The van der Waals surface area contributed by atoms with Gasteiger partial charge in [0, 0.05) is 30.8 Å². The first kappa shape index (κ1) is 21.1. The van der Waals surface area contributed by atoms with Gasteiger partial charge in [-0.25, -0.2) is 4.98 Å². The molecule has 5 rings (SSSR count). The van der Waals surface area contributed by atoms with Crippen LogP contribution in [-0.2, 0) is 4.79 Å². The van der Waals surface area contributed by atoms with Crippen LogP contribution in [0.1, 0.15) is 40.2 Å². The van der Waals surface area contributed by atoms with E-state index in [-0.39, 0.29) is 30.3 Å². The number of pyridine rings is 1. The van der Waals surface area contributed by atoms with Crippen LogP contribution in [0.15, 0.2) is 66.9 Å². The Morgan fingerprint density at radius 3 is 2.61 bits per heavy atom. The van der Waals surface area contributed by atoms with Gasteiger partial charge in [-0.2, -0.15) is 4.39 Å². The van der Waals surface area contributed by atoms with Crippen molar-refractivity contribution in [2.75, 3.05) is 25.0 Å². The molecular weight excluding hydrogens is 421 g/mol. The number of carbonyl (C=O) groups excluding carboxylic acids is 2. The number of nitrogens with one attached hydrogen (secondary N) is 1. The molecule has 168 valence electrons. The van der Waals surface area contributed by atoms with Crippen molar-refractivity contribution >= 4 is 17.5 Å². The third kappa shape index (κ3) is 4.44. The molecule has 0 saturated carbocycles. The molecule has 0 unspecified atom stereocenters. The van der Waals surface area contributed by atoms with Gasteiger partial charge in [0.25, 0.3) is 11.8 Å². The lowest BCUT2D eigenvalue weighted by molar-refractivity contribution is -0.118. The lowest BCUT2D eigenvalue weighted by Crippen LogP contribution is -2.40. The standard InChI is InChI=1S/C26H24FN3O3/c27-23-15-19(8-11-28-23)25(17-4-2-1-3-5-17)18-9-12-30(13-10-18)26(32)20-6-7-22-21(14-20)29-24(31)16-33-22/h1-8,11,14-15,18,25H,9-10,12-13,16H2,(H,29,31)/t25-/m1/s1. The van der Waals surface area contributed by atoms with Crippen LogP contribution in [0.25, 0.3) is 0 Å². The summed E-state index contributed by atoms with van der Waals surface area (Å²) < 4.78 is 19.3. The fraction of sp³-hybridized carbons (Fsp3) is 0.269. The molecule has 3 aromatic rings. The van der Waals surface area contributed by atoms with Crippen LogP contribution < -0.4 is 10.1 Å². The molecule has 2 aromatic carbocycles. The van der Waals surface area contributed by atoms with E-state index in [0.717, 1.165) is 24.0 Å². The molecule has 6 nitrogen and oxygen atoms in total. The number of anilines is 1. The van der Waals surface area contributed by atoms with Gasteiger partial charge in [0.1, 0.15) is 5.75 Å². The predicted octanol–water partition coefficient (Wildman–Crippen LogP) is 4.24. The van der Waals surface area contributed by atoms with Gasteiger partial charge in [-0.3, -0.25) is 9.59 Å². The maximum absolute atomic E-state index is 13.9. The topological polar surface area (TPSA) is 71.5 Å². The number of amides is 2. The first-order valence-electron chi connectivity index (χ1n) is 11.1. The van der Waals surface area contributed by atoms with Crippen LogP contribution in [0.2, 0.25) is 0 Å². The lowest BCUT2D eigenvalue weighted by atomic mass is 9.76. The molecule has 2 aliphatic rings. The summed E-state index contributed by atoms with van der Waals surface area (Å²) in [6.45, 7) is 1.21. The molecule has 0 aliphatic carbocycles. The van der Waals surface area contributed by atoms with E-state index in [4.69, 9.17) is 4.74 Å². The first-order valence-corrected chi connectivity index (χ1v) is 11.1. The van der Waals surface area contributed by atoms with E-state index < -0.39 is 5.95 Å². The van der Waals surface area contributed by atoms with Gasteiger partial charge < -0.3 is 15.0 Å². The molecule has 1 N–H and O–H groups in total. The summed E-state index contributed by atoms with van der Waals surface area (Å²) in [7, 11) is 0. The molecule has 0 spiro atoms. The van der Waals surface area contributed by atoms with Crippen molar-refractivity contribution < 1.29 is 18.7 Å². The van der Waals surface area contributed by atoms with E-state index >= 15 is 0 Å². The Bertz CT molecular complexity index is 1180. The van der Waals surface area contributed by atoms with Crippen molar-refractivity contribution in [3.63, 3.8) is 0 Å². The number of nitrogens with zero attached hydrogens (tertiary/aromatic N) is 2. The Hall–Kier alpha value is -3.74. The van der Waals surface area contributed by atoms with Gasteiger partial charge in [0.2, 0.25) is 5.95 Å². The fourth-order valence-corrected chi connectivity index (χ4v) is 4.84. The van der Waals surface area contributed by atoms with Crippen LogP contribution in [-0.4, -0.2) is 41.4 Å². The van der Waals surface area contributed by atoms with Crippen LogP contribution in [0.5, 0.6) is 5.75 Å². The molecule has 2 aliphatic heterocycles. The zero-order valence-corrected chi connectivity index (χ0v) is 18.0. The Morgan fingerprint density at radius 1 is 1.06 bits per heavy atom. The second-order valence-electron chi connectivity index (χ2n) is 8.48. The molecule has 3 heterocycles. The van der Waals surface area contributed by atoms with Crippen molar-refractivity contribution in [3.05, 3.63) is 89.5 Å². The highest BCUT2D eigenvalue weighted by molar-refractivity contribution is 5.99. The minimum atomic E-state index is -0.482. The number of rotatable bonds is 4. The normalized spacial score (nSPS) is 17.0. The summed E-state index contributed by atoms with van der Waals surface area (Å²) in [5.74, 6) is 0.103. The average Bonchev–Trinajstić information content (AvgIpc) is 2.84. The van der Waals surface area contributed by atoms with Gasteiger partial charge in [-0.15, -0.1) is 0 Å². The average molecular weight is 445 g/mol. The fourth-order valence-electron chi connectivity index (χ4n) is 4.84. The van der Waals surface area contributed by atoms with Gasteiger partial charge in [0.05, 0.1) is 5.69 Å². The number of hydrogen-bond acceptors (Lipinski definition) is 4. The van der Waals surface area contributed by atoms with Crippen molar-refractivity contribution in [1.82, 2.24) is 9.88 Å². The minimum Gasteiger partial charge on any atom is -0.482 e. The SMILES string of the molecule is O=C1COc2ccc(C(=O)N3CCC([C@@H](c4ccccc4)c4ccnc(F)c4)CC3)cc2N1. The van der Waals surface area contributed by atoms with E-state index in [9.17, 15) is 14.0 Å². The smallest absolute Gasteiger partial charge is 0.262 e. The highest BCUT2D eigenvalue weighted by Gasteiger charge is 2.31. The third-order valence-electron chi connectivity index (χ3n) is 6.43. The molecule has 1 saturated heterocycles. The van der Waals surface area contributed by atoms with Crippen molar-refractivity contribution in [2.24, 2.45) is 5.92 Å². The Balaban J connectivity index is 1.32. The summed E-state index contributed by atoms with van der Waals surface area (Å²) in [5, 5.41) is 2.75. The summed E-state index contributed by atoms with van der Waals surface area (Å²) in [6.07, 6.45) is 3.12. The third-order valence-corrected chi connectivity index (χ3v) is 6.43. The molecule has 33 heavy (non-hydrogen) atoms. The lowest BCUT2D eigenvalue weighted by Gasteiger charge is -2.36. The molecule has 1 fully saturated rings. The number of benzene rings is 2. The number of fused-ring (bicyclic) bond motifs is 1. The zero-order valence-electron chi connectivity index (χ0n) is 18.0. The molecule has 2 amide bonds. The number of likely N-dealkylation sites (tertiary alicyclic amines) is 1. The summed E-state index contributed by atoms with van der Waals surface area (Å²) in [5.41, 5.74) is 3.09. The van der Waals surface area contributed by atoms with Crippen LogP contribution in [0.4, 0.5) is 10.1 Å². The number of halogens is 1. The van der Waals surface area contributed by atoms with Crippen LogP contribution >= 0.6 is 0 Å². The Morgan fingerprint density at radius 2 is 1.85 bits per heavy atom. The van der Waals surface area contributed by atoms with Crippen LogP contribution in [0.3, 0.4) is 0 Å². The van der Waals surface area contributed by atoms with Gasteiger partial charge in [-0.1, -0.05) is 30.3 Å².